The Morgan fingerprint density at radius 1 is 0.955 bits per heavy atom. The van der Waals surface area contributed by atoms with Gasteiger partial charge in [0.1, 0.15) is 11.6 Å². The largest absolute Gasteiger partial charge is 0.389 e. The van der Waals surface area contributed by atoms with Crippen molar-refractivity contribution in [2.45, 2.75) is 77.2 Å². The summed E-state index contributed by atoms with van der Waals surface area (Å²) in [6, 6.07) is 0. The van der Waals surface area contributed by atoms with E-state index in [4.69, 9.17) is 0 Å². The van der Waals surface area contributed by atoms with Crippen LogP contribution in [0, 0.1) is 28.6 Å². The monoisotopic (exact) mass is 304 g/mol. The predicted octanol–water partition coefficient (Wildman–Crippen LogP) is 3.28. The summed E-state index contributed by atoms with van der Waals surface area (Å²) in [4.78, 5) is 24.3. The Balaban J connectivity index is 1.72. The summed E-state index contributed by atoms with van der Waals surface area (Å²) in [5.74, 6) is 1.75. The lowest BCUT2D eigenvalue weighted by Crippen LogP contribution is -2.65. The van der Waals surface area contributed by atoms with Crippen molar-refractivity contribution in [3.63, 3.8) is 0 Å². The Kier molecular flexibility index (Phi) is 3.00. The van der Waals surface area contributed by atoms with Gasteiger partial charge in [0.05, 0.1) is 5.60 Å². The molecule has 0 amide bonds. The fourth-order valence-electron chi connectivity index (χ4n) is 6.76. The summed E-state index contributed by atoms with van der Waals surface area (Å²) in [5.41, 5.74) is -0.979. The van der Waals surface area contributed by atoms with Crippen molar-refractivity contribution in [3.05, 3.63) is 0 Å². The van der Waals surface area contributed by atoms with Crippen molar-refractivity contribution < 1.29 is 14.7 Å². The Labute approximate surface area is 132 Å². The van der Waals surface area contributed by atoms with Gasteiger partial charge in [0.15, 0.2) is 0 Å². The van der Waals surface area contributed by atoms with E-state index in [1.54, 1.807) is 0 Å². The fourth-order valence-corrected chi connectivity index (χ4v) is 6.76. The Morgan fingerprint density at radius 2 is 1.73 bits per heavy atom. The number of aliphatic hydroxyl groups is 1. The third-order valence-electron chi connectivity index (χ3n) is 8.38. The predicted molar refractivity (Wildman–Crippen MR) is 83.2 cm³/mol. The Bertz CT molecular complexity index is 541. The molecule has 0 aromatic carbocycles. The van der Waals surface area contributed by atoms with Crippen LogP contribution in [0.15, 0.2) is 0 Å². The lowest BCUT2D eigenvalue weighted by Gasteiger charge is -2.64. The first kappa shape index (κ1) is 14.9. The van der Waals surface area contributed by atoms with Gasteiger partial charge in [-0.25, -0.2) is 0 Å². The van der Waals surface area contributed by atoms with E-state index in [1.165, 1.54) is 0 Å². The molecular formula is C19H28O3. The highest BCUT2D eigenvalue weighted by atomic mass is 16.3. The van der Waals surface area contributed by atoms with E-state index in [9.17, 15) is 14.7 Å². The van der Waals surface area contributed by atoms with E-state index in [-0.39, 0.29) is 16.7 Å². The number of Topliss-reactive ketones (excluding diaryl/α,β-unsaturated/α-hetero) is 2. The summed E-state index contributed by atoms with van der Waals surface area (Å²) >= 11 is 0. The average molecular weight is 304 g/mol. The smallest absolute Gasteiger partial charge is 0.139 e. The lowest BCUT2D eigenvalue weighted by molar-refractivity contribution is -0.228. The van der Waals surface area contributed by atoms with E-state index in [2.05, 4.69) is 13.8 Å². The molecule has 6 atom stereocenters. The van der Waals surface area contributed by atoms with Crippen molar-refractivity contribution in [2.24, 2.45) is 28.6 Å². The van der Waals surface area contributed by atoms with Crippen molar-refractivity contribution in [3.8, 4) is 0 Å². The first-order valence-corrected chi connectivity index (χ1v) is 9.09. The molecule has 4 saturated carbocycles. The highest BCUT2D eigenvalue weighted by Crippen LogP contribution is 2.66. The molecule has 4 rings (SSSR count). The topological polar surface area (TPSA) is 54.4 Å². The molecule has 122 valence electrons. The third-order valence-corrected chi connectivity index (χ3v) is 8.38. The summed E-state index contributed by atoms with van der Waals surface area (Å²) in [5, 5.41) is 11.8. The van der Waals surface area contributed by atoms with Gasteiger partial charge in [-0.15, -0.1) is 0 Å². The number of ketones is 2. The maximum Gasteiger partial charge on any atom is 0.139 e. The molecule has 4 aliphatic carbocycles. The van der Waals surface area contributed by atoms with Crippen LogP contribution in [-0.4, -0.2) is 22.3 Å². The highest BCUT2D eigenvalue weighted by Gasteiger charge is 2.66. The molecule has 4 aliphatic rings. The molecule has 1 unspecified atom stereocenters. The van der Waals surface area contributed by atoms with E-state index in [0.29, 0.717) is 42.7 Å². The van der Waals surface area contributed by atoms with Crippen LogP contribution in [0.25, 0.3) is 0 Å². The maximum absolute atomic E-state index is 12.4. The van der Waals surface area contributed by atoms with E-state index < -0.39 is 5.60 Å². The Hall–Kier alpha value is -0.700. The molecule has 22 heavy (non-hydrogen) atoms. The summed E-state index contributed by atoms with van der Waals surface area (Å²) in [6.07, 6.45) is 7.41. The van der Waals surface area contributed by atoms with Gasteiger partial charge in [-0.05, 0) is 56.3 Å². The second-order valence-corrected chi connectivity index (χ2v) is 8.95. The van der Waals surface area contributed by atoms with Crippen molar-refractivity contribution >= 4 is 11.6 Å². The van der Waals surface area contributed by atoms with Gasteiger partial charge in [-0.2, -0.15) is 0 Å². The van der Waals surface area contributed by atoms with Crippen LogP contribution in [0.2, 0.25) is 0 Å². The van der Waals surface area contributed by atoms with Gasteiger partial charge in [-0.3, -0.25) is 9.59 Å². The van der Waals surface area contributed by atoms with E-state index in [1.807, 2.05) is 0 Å². The summed E-state index contributed by atoms with van der Waals surface area (Å²) in [7, 11) is 0. The van der Waals surface area contributed by atoms with Crippen LogP contribution >= 0.6 is 0 Å². The standard InChI is InChI=1S/C19H28O3/c1-17-9-10-19(22)15(14(17)5-6-16(17)21)4-3-12-11-13(20)7-8-18(12,19)2/h12,14-15,22H,3-11H2,1-2H3/t12?,14-,15-,17-,18-,19-/m0/s1. The number of rotatable bonds is 0. The minimum absolute atomic E-state index is 0.128. The van der Waals surface area contributed by atoms with Gasteiger partial charge in [0, 0.05) is 30.1 Å². The summed E-state index contributed by atoms with van der Waals surface area (Å²) in [6.45, 7) is 4.38. The van der Waals surface area contributed by atoms with Crippen LogP contribution < -0.4 is 0 Å². The SMILES string of the molecule is C[C@]12CCC(=O)CC1CC[C@H]1[C@@H]3CCC(=O)[C@@]3(C)CC[C@]12O. The zero-order valence-corrected chi connectivity index (χ0v) is 13.9. The van der Waals surface area contributed by atoms with Crippen LogP contribution in [0.1, 0.15) is 71.6 Å². The van der Waals surface area contributed by atoms with Crippen LogP contribution in [0.3, 0.4) is 0 Å². The molecule has 0 bridgehead atoms. The van der Waals surface area contributed by atoms with Crippen LogP contribution in [0.4, 0.5) is 0 Å². The van der Waals surface area contributed by atoms with Crippen LogP contribution in [-0.2, 0) is 9.59 Å². The molecule has 4 fully saturated rings. The van der Waals surface area contributed by atoms with Crippen LogP contribution in [0.5, 0.6) is 0 Å². The number of hydrogen-bond donors (Lipinski definition) is 1. The molecule has 0 radical (unpaired) electrons. The first-order valence-electron chi connectivity index (χ1n) is 9.09. The number of carbonyl (C=O) groups excluding carboxylic acids is 2. The molecule has 3 heteroatoms. The quantitative estimate of drug-likeness (QED) is 0.747. The fraction of sp³-hybridized carbons (Fsp3) is 0.895. The zero-order valence-electron chi connectivity index (χ0n) is 13.9. The van der Waals surface area contributed by atoms with Gasteiger partial charge in [-0.1, -0.05) is 13.8 Å². The number of hydrogen-bond acceptors (Lipinski definition) is 3. The molecule has 0 spiro atoms. The van der Waals surface area contributed by atoms with Gasteiger partial charge < -0.3 is 5.11 Å². The first-order chi connectivity index (χ1) is 10.3. The van der Waals surface area contributed by atoms with Gasteiger partial charge in [0.2, 0.25) is 0 Å². The summed E-state index contributed by atoms with van der Waals surface area (Å²) < 4.78 is 0. The van der Waals surface area contributed by atoms with Crippen molar-refractivity contribution in [1.29, 1.82) is 0 Å². The maximum atomic E-state index is 12.4. The highest BCUT2D eigenvalue weighted by molar-refractivity contribution is 5.87. The number of carbonyl (C=O) groups is 2. The molecule has 0 saturated heterocycles. The molecule has 0 aromatic rings. The lowest BCUT2D eigenvalue weighted by atomic mass is 9.43. The second-order valence-electron chi connectivity index (χ2n) is 8.95. The molecule has 0 aromatic heterocycles. The molecule has 0 aliphatic heterocycles. The zero-order chi connectivity index (χ0) is 15.8. The molecule has 1 N–H and O–H groups in total. The van der Waals surface area contributed by atoms with Crippen molar-refractivity contribution in [2.75, 3.05) is 0 Å². The van der Waals surface area contributed by atoms with Crippen molar-refractivity contribution in [1.82, 2.24) is 0 Å². The third kappa shape index (κ3) is 1.61. The normalized spacial score (nSPS) is 54.6. The average Bonchev–Trinajstić information content (AvgIpc) is 2.77. The molecular weight excluding hydrogens is 276 g/mol. The van der Waals surface area contributed by atoms with Gasteiger partial charge >= 0.3 is 0 Å². The Morgan fingerprint density at radius 3 is 2.50 bits per heavy atom. The minimum Gasteiger partial charge on any atom is -0.389 e. The minimum atomic E-state index is -0.661. The number of fused-ring (bicyclic) bond motifs is 5. The molecule has 3 nitrogen and oxygen atoms in total. The molecule has 0 heterocycles. The second kappa shape index (κ2) is 4.43. The van der Waals surface area contributed by atoms with Gasteiger partial charge in [0.25, 0.3) is 0 Å². The van der Waals surface area contributed by atoms with E-state index >= 15 is 0 Å². The van der Waals surface area contributed by atoms with E-state index in [0.717, 1.165) is 38.5 Å².